The topological polar surface area (TPSA) is 87.5 Å². The van der Waals surface area contributed by atoms with Gasteiger partial charge in [-0.3, -0.25) is 19.3 Å². The van der Waals surface area contributed by atoms with Gasteiger partial charge in [-0.05, 0) is 48.2 Å². The van der Waals surface area contributed by atoms with Crippen molar-refractivity contribution in [3.05, 3.63) is 66.2 Å². The number of nitriles is 1. The number of carbonyl (C=O) groups is 3. The molecule has 2 amide bonds. The number of imide groups is 1. The summed E-state index contributed by atoms with van der Waals surface area (Å²) < 4.78 is 5.35. The number of hydrogen-bond acceptors (Lipinski definition) is 5. The van der Waals surface area contributed by atoms with E-state index in [1.54, 1.807) is 24.3 Å². The second-order valence-corrected chi connectivity index (χ2v) is 7.42. The van der Waals surface area contributed by atoms with Gasteiger partial charge in [0.15, 0.2) is 0 Å². The van der Waals surface area contributed by atoms with Crippen LogP contribution in [0, 0.1) is 23.2 Å². The number of allylic oxidation sites excluding steroid dienone is 2. The number of esters is 1. The molecule has 0 radical (unpaired) electrons. The molecule has 0 N–H and O–H groups in total. The minimum absolute atomic E-state index is 0.0400. The lowest BCUT2D eigenvalue weighted by molar-refractivity contribution is -0.141. The Hall–Kier alpha value is -3.72. The molecule has 1 aliphatic heterocycles. The highest BCUT2D eigenvalue weighted by Crippen LogP contribution is 2.35. The molecule has 2 aliphatic rings. The van der Waals surface area contributed by atoms with Crippen molar-refractivity contribution in [3.8, 4) is 22.9 Å². The molecule has 1 heterocycles. The van der Waals surface area contributed by atoms with Crippen LogP contribution in [0.1, 0.15) is 24.8 Å². The van der Waals surface area contributed by atoms with Crippen LogP contribution in [0.5, 0.6) is 5.75 Å². The number of fused-ring (bicyclic) bond motifs is 1. The van der Waals surface area contributed by atoms with Crippen LogP contribution in [0.3, 0.4) is 0 Å². The standard InChI is InChI=1S/C24H20N2O4/c25-15-16-5-7-17(8-6-16)18-9-11-19(12-10-18)30-22(27)13-14-26-23(28)20-3-1-2-4-21(20)24(26)29/h1-2,5-12,20-21H,3-4,13-14H2/t20-,21+. The van der Waals surface area contributed by atoms with E-state index in [0.29, 0.717) is 24.2 Å². The summed E-state index contributed by atoms with van der Waals surface area (Å²) in [6.45, 7) is 0.0484. The number of benzene rings is 2. The van der Waals surface area contributed by atoms with Crippen molar-refractivity contribution in [3.63, 3.8) is 0 Å². The van der Waals surface area contributed by atoms with Gasteiger partial charge in [0, 0.05) is 6.54 Å². The van der Waals surface area contributed by atoms with E-state index in [2.05, 4.69) is 6.07 Å². The van der Waals surface area contributed by atoms with Crippen LogP contribution in [0.15, 0.2) is 60.7 Å². The van der Waals surface area contributed by atoms with E-state index in [1.807, 2.05) is 36.4 Å². The molecule has 6 heteroatoms. The average Bonchev–Trinajstić information content (AvgIpc) is 3.03. The van der Waals surface area contributed by atoms with Crippen molar-refractivity contribution in [2.45, 2.75) is 19.3 Å². The molecular formula is C24H20N2O4. The fraction of sp³-hybridized carbons (Fsp3) is 0.250. The minimum Gasteiger partial charge on any atom is -0.426 e. The van der Waals surface area contributed by atoms with Crippen molar-refractivity contribution in [2.75, 3.05) is 6.54 Å². The summed E-state index contributed by atoms with van der Waals surface area (Å²) in [6, 6.07) is 16.3. The zero-order valence-corrected chi connectivity index (χ0v) is 16.3. The molecular weight excluding hydrogens is 380 g/mol. The first kappa shape index (κ1) is 19.6. The Morgan fingerprint density at radius 3 is 2.00 bits per heavy atom. The maximum atomic E-state index is 12.4. The lowest BCUT2D eigenvalue weighted by Crippen LogP contribution is -2.33. The van der Waals surface area contributed by atoms with Crippen molar-refractivity contribution < 1.29 is 19.1 Å². The molecule has 150 valence electrons. The number of ether oxygens (including phenoxy) is 1. The number of likely N-dealkylation sites (tertiary alicyclic amines) is 1. The van der Waals surface area contributed by atoms with E-state index in [-0.39, 0.29) is 36.6 Å². The Kier molecular flexibility index (Phi) is 5.44. The molecule has 0 saturated carbocycles. The van der Waals surface area contributed by atoms with E-state index in [0.717, 1.165) is 11.1 Å². The van der Waals surface area contributed by atoms with Gasteiger partial charge in [0.1, 0.15) is 5.75 Å². The molecule has 30 heavy (non-hydrogen) atoms. The monoisotopic (exact) mass is 400 g/mol. The molecule has 4 rings (SSSR count). The smallest absolute Gasteiger partial charge is 0.312 e. The predicted octanol–water partition coefficient (Wildman–Crippen LogP) is 3.47. The van der Waals surface area contributed by atoms with Crippen molar-refractivity contribution in [2.24, 2.45) is 11.8 Å². The Balaban J connectivity index is 1.32. The highest BCUT2D eigenvalue weighted by Gasteiger charge is 2.46. The molecule has 2 atom stereocenters. The normalized spacial score (nSPS) is 20.0. The first-order valence-electron chi connectivity index (χ1n) is 9.88. The summed E-state index contributed by atoms with van der Waals surface area (Å²) in [4.78, 5) is 38.3. The maximum absolute atomic E-state index is 12.4. The molecule has 1 saturated heterocycles. The van der Waals surface area contributed by atoms with Gasteiger partial charge in [0.05, 0.1) is 29.9 Å². The molecule has 0 spiro atoms. The second kappa shape index (κ2) is 8.34. The van der Waals surface area contributed by atoms with Gasteiger partial charge in [0.25, 0.3) is 0 Å². The number of nitrogens with zero attached hydrogens (tertiary/aromatic N) is 2. The summed E-state index contributed by atoms with van der Waals surface area (Å²) in [7, 11) is 0. The zero-order valence-electron chi connectivity index (χ0n) is 16.3. The number of hydrogen-bond donors (Lipinski definition) is 0. The third-order valence-electron chi connectivity index (χ3n) is 5.57. The van der Waals surface area contributed by atoms with E-state index >= 15 is 0 Å². The molecule has 1 fully saturated rings. The molecule has 2 aromatic carbocycles. The van der Waals surface area contributed by atoms with E-state index in [9.17, 15) is 14.4 Å². The van der Waals surface area contributed by atoms with Gasteiger partial charge in [0.2, 0.25) is 11.8 Å². The zero-order chi connectivity index (χ0) is 21.1. The third kappa shape index (κ3) is 3.87. The van der Waals surface area contributed by atoms with Crippen molar-refractivity contribution >= 4 is 17.8 Å². The van der Waals surface area contributed by atoms with Gasteiger partial charge in [-0.1, -0.05) is 36.4 Å². The van der Waals surface area contributed by atoms with E-state index in [1.165, 1.54) is 4.90 Å². The first-order valence-corrected chi connectivity index (χ1v) is 9.88. The van der Waals surface area contributed by atoms with E-state index < -0.39 is 5.97 Å². The lowest BCUT2D eigenvalue weighted by Gasteiger charge is -2.14. The highest BCUT2D eigenvalue weighted by molar-refractivity contribution is 6.05. The number of carbonyl (C=O) groups excluding carboxylic acids is 3. The largest absolute Gasteiger partial charge is 0.426 e. The molecule has 0 aromatic heterocycles. The Morgan fingerprint density at radius 2 is 1.47 bits per heavy atom. The summed E-state index contributed by atoms with van der Waals surface area (Å²) in [5.41, 5.74) is 2.48. The molecule has 0 unspecified atom stereocenters. The van der Waals surface area contributed by atoms with Crippen LogP contribution in [0.2, 0.25) is 0 Å². The van der Waals surface area contributed by atoms with E-state index in [4.69, 9.17) is 10.00 Å². The third-order valence-corrected chi connectivity index (χ3v) is 5.57. The Labute approximate surface area is 174 Å². The predicted molar refractivity (Wildman–Crippen MR) is 109 cm³/mol. The molecule has 1 aliphatic carbocycles. The first-order chi connectivity index (χ1) is 14.6. The highest BCUT2D eigenvalue weighted by atomic mass is 16.5. The van der Waals surface area contributed by atoms with Crippen LogP contribution in [-0.4, -0.2) is 29.2 Å². The molecule has 6 nitrogen and oxygen atoms in total. The van der Waals surface area contributed by atoms with Crippen LogP contribution in [0.25, 0.3) is 11.1 Å². The fourth-order valence-electron chi connectivity index (χ4n) is 3.93. The van der Waals surface area contributed by atoms with Crippen LogP contribution >= 0.6 is 0 Å². The fourth-order valence-corrected chi connectivity index (χ4v) is 3.93. The summed E-state index contributed by atoms with van der Waals surface area (Å²) >= 11 is 0. The quantitative estimate of drug-likeness (QED) is 0.332. The summed E-state index contributed by atoms with van der Waals surface area (Å²) in [5, 5.41) is 8.87. The lowest BCUT2D eigenvalue weighted by atomic mass is 9.85. The van der Waals surface area contributed by atoms with Gasteiger partial charge in [-0.15, -0.1) is 0 Å². The van der Waals surface area contributed by atoms with Gasteiger partial charge >= 0.3 is 5.97 Å². The molecule has 0 bridgehead atoms. The maximum Gasteiger partial charge on any atom is 0.312 e. The second-order valence-electron chi connectivity index (χ2n) is 7.42. The van der Waals surface area contributed by atoms with Crippen molar-refractivity contribution in [1.29, 1.82) is 5.26 Å². The van der Waals surface area contributed by atoms with Gasteiger partial charge in [-0.2, -0.15) is 5.26 Å². The summed E-state index contributed by atoms with van der Waals surface area (Å²) in [6.07, 6.45) is 5.00. The van der Waals surface area contributed by atoms with Crippen LogP contribution in [0.4, 0.5) is 0 Å². The summed E-state index contributed by atoms with van der Waals surface area (Å²) in [5.74, 6) is -1.03. The Bertz CT molecular complexity index is 1020. The van der Waals surface area contributed by atoms with Gasteiger partial charge < -0.3 is 4.74 Å². The van der Waals surface area contributed by atoms with Crippen LogP contribution in [-0.2, 0) is 14.4 Å². The SMILES string of the molecule is N#Cc1ccc(-c2ccc(OC(=O)CCN3C(=O)[C@H]4CC=CC[C@H]4C3=O)cc2)cc1. The number of amides is 2. The van der Waals surface area contributed by atoms with Crippen molar-refractivity contribution in [1.82, 2.24) is 4.90 Å². The minimum atomic E-state index is -0.491. The average molecular weight is 400 g/mol. The Morgan fingerprint density at radius 1 is 0.933 bits per heavy atom. The van der Waals surface area contributed by atoms with Crippen LogP contribution < -0.4 is 4.74 Å². The van der Waals surface area contributed by atoms with Gasteiger partial charge in [-0.25, -0.2) is 0 Å². The molecule has 2 aromatic rings. The number of rotatable bonds is 5.